The Bertz CT molecular complexity index is 2170. The molecule has 1 aromatic heterocycles. The second kappa shape index (κ2) is 24.8. The van der Waals surface area contributed by atoms with Crippen molar-refractivity contribution in [2.45, 2.75) is 218 Å². The van der Waals surface area contributed by atoms with Crippen molar-refractivity contribution in [3.05, 3.63) is 51.8 Å². The molecule has 4 fully saturated rings. The molecule has 19 atom stereocenters. The number of esters is 1. The first-order chi connectivity index (χ1) is 34.8. The zero-order chi connectivity index (χ0) is 54.6. The number of carbonyl (C=O) groups is 2. The van der Waals surface area contributed by atoms with Gasteiger partial charge in [0.05, 0.1) is 64.8 Å². The number of benzene rings is 1. The van der Waals surface area contributed by atoms with E-state index in [0.29, 0.717) is 32.5 Å². The molecule has 0 radical (unpaired) electrons. The Morgan fingerprint density at radius 2 is 1.61 bits per heavy atom. The molecule has 0 unspecified atom stereocenters. The molecule has 21 heteroatoms. The zero-order valence-electron chi connectivity index (χ0n) is 45.9. The van der Waals surface area contributed by atoms with Crippen LogP contribution in [0.5, 0.6) is 0 Å². The number of nitro benzene ring substituents is 1. The fourth-order valence-corrected chi connectivity index (χ4v) is 12.0. The Morgan fingerprint density at radius 1 is 0.932 bits per heavy atom. The quantitative estimate of drug-likeness (QED) is 0.104. The van der Waals surface area contributed by atoms with E-state index in [0.717, 1.165) is 30.6 Å². The SMILES string of the molecule is CC[C@H]1OC(=O)[C@H](C)[C@@H](O[C@H]2C[C@@](C)(OC)[C@@H](O)[C@H](C)O2)[C@H](C)[C@@H](O[C@@H]2O[C@H](C)C[C@H](N(C)CCc3cn(C[C@H]4CCCN4Cc4ccc([N+](=O)[O-])cc4)nn3)[C@H]2O)[C@](C)(OC)C[C@@H](C)C(=O)[C@H](C)[C@@H](O)[C@]1(C)O. The van der Waals surface area contributed by atoms with E-state index in [1.165, 1.54) is 33.3 Å². The summed E-state index contributed by atoms with van der Waals surface area (Å²) >= 11 is 0. The average Bonchev–Trinajstić information content (AvgIpc) is 4.02. The number of aromatic nitrogens is 3. The first-order valence-corrected chi connectivity index (χ1v) is 26.6. The summed E-state index contributed by atoms with van der Waals surface area (Å²) in [5.41, 5.74) is -2.55. The van der Waals surface area contributed by atoms with Crippen LogP contribution in [0.15, 0.2) is 30.5 Å². The lowest BCUT2D eigenvalue weighted by molar-refractivity contribution is -0.384. The van der Waals surface area contributed by atoms with Crippen molar-refractivity contribution in [3.8, 4) is 0 Å². The van der Waals surface area contributed by atoms with Crippen LogP contribution >= 0.6 is 0 Å². The molecule has 74 heavy (non-hydrogen) atoms. The van der Waals surface area contributed by atoms with Gasteiger partial charge in [0.25, 0.3) is 5.69 Å². The number of ketones is 1. The van der Waals surface area contributed by atoms with Gasteiger partial charge in [0.2, 0.25) is 0 Å². The number of carbonyl (C=O) groups excluding carboxylic acids is 2. The number of aliphatic hydroxyl groups excluding tert-OH is 3. The van der Waals surface area contributed by atoms with Gasteiger partial charge >= 0.3 is 5.97 Å². The first-order valence-electron chi connectivity index (χ1n) is 26.6. The van der Waals surface area contributed by atoms with Gasteiger partial charge in [-0.05, 0) is 92.8 Å². The summed E-state index contributed by atoms with van der Waals surface area (Å²) in [5, 5.41) is 67.0. The molecule has 4 aliphatic rings. The highest BCUT2D eigenvalue weighted by Gasteiger charge is 2.54. The van der Waals surface area contributed by atoms with Crippen LogP contribution in [-0.4, -0.2) is 187 Å². The molecule has 2 aromatic rings. The molecule has 6 rings (SSSR count). The van der Waals surface area contributed by atoms with E-state index >= 15 is 0 Å². The van der Waals surface area contributed by atoms with Gasteiger partial charge < -0.3 is 58.5 Å². The van der Waals surface area contributed by atoms with Crippen LogP contribution in [0.25, 0.3) is 0 Å². The highest BCUT2D eigenvalue weighted by atomic mass is 16.7. The summed E-state index contributed by atoms with van der Waals surface area (Å²) in [4.78, 5) is 44.0. The fourth-order valence-electron chi connectivity index (χ4n) is 12.0. The minimum absolute atomic E-state index is 0.0607. The van der Waals surface area contributed by atoms with E-state index in [4.69, 9.17) is 33.2 Å². The van der Waals surface area contributed by atoms with Gasteiger partial charge in [-0.1, -0.05) is 45.0 Å². The van der Waals surface area contributed by atoms with Crippen molar-refractivity contribution in [3.63, 3.8) is 0 Å². The predicted octanol–water partition coefficient (Wildman–Crippen LogP) is 4.22. The van der Waals surface area contributed by atoms with Crippen LogP contribution in [0.4, 0.5) is 5.69 Å². The second-order valence-corrected chi connectivity index (χ2v) is 22.5. The molecule has 418 valence electrons. The third-order valence-electron chi connectivity index (χ3n) is 16.9. The molecule has 21 nitrogen and oxygen atoms in total. The summed E-state index contributed by atoms with van der Waals surface area (Å²) in [6.07, 6.45) is -5.15. The molecule has 5 heterocycles. The third-order valence-corrected chi connectivity index (χ3v) is 16.9. The number of aliphatic hydroxyl groups is 4. The van der Waals surface area contributed by atoms with Crippen molar-refractivity contribution in [1.29, 1.82) is 0 Å². The number of non-ortho nitro benzene ring substituents is 1. The first kappa shape index (κ1) is 59.7. The van der Waals surface area contributed by atoms with Gasteiger partial charge in [-0.25, -0.2) is 0 Å². The monoisotopic (exact) mass is 1050 g/mol. The average molecular weight is 1050 g/mol. The molecule has 0 saturated carbocycles. The van der Waals surface area contributed by atoms with E-state index in [2.05, 4.69) is 20.1 Å². The van der Waals surface area contributed by atoms with Crippen LogP contribution in [0, 0.1) is 33.8 Å². The number of methoxy groups -OCH3 is 2. The molecule has 4 saturated heterocycles. The molecule has 0 aliphatic carbocycles. The van der Waals surface area contributed by atoms with E-state index in [1.54, 1.807) is 60.6 Å². The largest absolute Gasteiger partial charge is 0.459 e. The van der Waals surface area contributed by atoms with Gasteiger partial charge in [0.15, 0.2) is 12.6 Å². The highest BCUT2D eigenvalue weighted by molar-refractivity contribution is 5.83. The summed E-state index contributed by atoms with van der Waals surface area (Å²) in [6.45, 7) is 19.8. The van der Waals surface area contributed by atoms with Crippen molar-refractivity contribution in [1.82, 2.24) is 24.8 Å². The summed E-state index contributed by atoms with van der Waals surface area (Å²) < 4.78 is 46.7. The molecule has 4 aliphatic heterocycles. The molecule has 0 bridgehead atoms. The number of nitro groups is 1. The maximum Gasteiger partial charge on any atom is 0.311 e. The summed E-state index contributed by atoms with van der Waals surface area (Å²) in [6, 6.07) is 6.48. The van der Waals surface area contributed by atoms with Crippen LogP contribution in [0.2, 0.25) is 0 Å². The van der Waals surface area contributed by atoms with Crippen molar-refractivity contribution < 1.29 is 68.1 Å². The predicted molar refractivity (Wildman–Crippen MR) is 270 cm³/mol. The molecule has 1 aromatic carbocycles. The summed E-state index contributed by atoms with van der Waals surface area (Å²) in [7, 11) is 4.93. The topological polar surface area (TPSA) is 260 Å². The number of hydrogen-bond acceptors (Lipinski definition) is 19. The van der Waals surface area contributed by atoms with Gasteiger partial charge in [-0.2, -0.15) is 0 Å². The van der Waals surface area contributed by atoms with Crippen molar-refractivity contribution >= 4 is 17.4 Å². The van der Waals surface area contributed by atoms with E-state index in [-0.39, 0.29) is 42.9 Å². The van der Waals surface area contributed by atoms with Crippen LogP contribution in [0.1, 0.15) is 119 Å². The normalized spacial score (nSPS) is 40.2. The van der Waals surface area contributed by atoms with Crippen LogP contribution in [0.3, 0.4) is 0 Å². The number of ether oxygens (including phenoxy) is 7. The number of cyclic esters (lactones) is 1. The van der Waals surface area contributed by atoms with E-state index in [1.807, 2.05) is 31.8 Å². The number of Topliss-reactive ketones (excluding diaryl/α,β-unsaturated/α-hetero) is 1. The van der Waals surface area contributed by atoms with Gasteiger partial charge in [0, 0.05) is 88.3 Å². The van der Waals surface area contributed by atoms with Crippen molar-refractivity contribution in [2.75, 3.05) is 34.4 Å². The van der Waals surface area contributed by atoms with Crippen LogP contribution in [-0.2, 0) is 62.3 Å². The van der Waals surface area contributed by atoms with Gasteiger partial charge in [-0.15, -0.1) is 5.10 Å². The Balaban J connectivity index is 1.24. The summed E-state index contributed by atoms with van der Waals surface area (Å²) in [5.74, 6) is -4.77. The maximum atomic E-state index is 14.5. The molecule has 0 amide bonds. The lowest BCUT2D eigenvalue weighted by atomic mass is 9.74. The second-order valence-electron chi connectivity index (χ2n) is 22.5. The standard InChI is InChI=1S/C53H86N6O15/c1-14-41-53(10,65)46(62)32(4)43(60)30(2)25-52(9,69-13)48(33(5)45(34(6)49(64)72-41)73-42-26-51(8,68-12)47(63)35(7)71-42)74-50-44(61)40(24-31(3)70-50)56(11)23-21-37-28-58(55-54-37)29-39-16-15-22-57(39)27-36-17-19-38(20-18-36)59(66)67/h17-20,28,30-35,39-42,44-48,50,61-63,65H,14-16,21-27,29H2,1-13H3/t30-,31-,32+,33+,34-,35+,39-,40+,41-,42+,44-,45+,46-,47+,48-,50+,51-,52-,53-/m1/s1. The number of nitrogens with zero attached hydrogens (tertiary/aromatic N) is 6. The smallest absolute Gasteiger partial charge is 0.311 e. The fraction of sp³-hybridized carbons (Fsp3) is 0.811. The van der Waals surface area contributed by atoms with Crippen LogP contribution < -0.4 is 0 Å². The van der Waals surface area contributed by atoms with E-state index in [9.17, 15) is 40.1 Å². The number of likely N-dealkylation sites (tertiary alicyclic amines) is 1. The minimum Gasteiger partial charge on any atom is -0.459 e. The Morgan fingerprint density at radius 3 is 2.24 bits per heavy atom. The molecular formula is C53H86N6O15. The third kappa shape index (κ3) is 13.4. The zero-order valence-corrected chi connectivity index (χ0v) is 45.9. The van der Waals surface area contributed by atoms with Gasteiger partial charge in [-0.3, -0.25) is 29.3 Å². The van der Waals surface area contributed by atoms with E-state index < -0.39 is 113 Å². The van der Waals surface area contributed by atoms with Crippen molar-refractivity contribution in [2.24, 2.45) is 23.7 Å². The highest BCUT2D eigenvalue weighted by Crippen LogP contribution is 2.42. The number of hydrogen-bond donors (Lipinski definition) is 4. The number of rotatable bonds is 16. The Kier molecular flexibility index (Phi) is 20.0. The Hall–Kier alpha value is -3.58. The molecule has 0 spiro atoms. The minimum atomic E-state index is -2.01. The molecule has 4 N–H and O–H groups in total. The van der Waals surface area contributed by atoms with Gasteiger partial charge in [0.1, 0.15) is 29.7 Å². The lowest BCUT2D eigenvalue weighted by Crippen LogP contribution is -2.61. The Labute approximate surface area is 436 Å². The molecular weight excluding hydrogens is 961 g/mol. The lowest BCUT2D eigenvalue weighted by Gasteiger charge is -2.50. The number of likely N-dealkylation sites (N-methyl/N-ethyl adjacent to an activating group) is 1. The maximum absolute atomic E-state index is 14.5.